The summed E-state index contributed by atoms with van der Waals surface area (Å²) in [5, 5.41) is 0.706. The van der Waals surface area contributed by atoms with Crippen LogP contribution in [0.5, 0.6) is 5.75 Å². The molecule has 0 aromatic heterocycles. The monoisotopic (exact) mass is 419 g/mol. The molecule has 0 bridgehead atoms. The molecule has 1 amide bonds. The summed E-state index contributed by atoms with van der Waals surface area (Å²) in [5.41, 5.74) is 0.223. The fourth-order valence-corrected chi connectivity index (χ4v) is 3.22. The summed E-state index contributed by atoms with van der Waals surface area (Å²) in [7, 11) is 1.57. The van der Waals surface area contributed by atoms with Gasteiger partial charge in [0.1, 0.15) is 5.75 Å². The normalized spacial score (nSPS) is 21.2. The summed E-state index contributed by atoms with van der Waals surface area (Å²) in [6.45, 7) is 5.14. The Labute approximate surface area is 142 Å². The number of morpholine rings is 1. The molecule has 21 heavy (non-hydrogen) atoms. The van der Waals surface area contributed by atoms with Gasteiger partial charge in [-0.15, -0.1) is 0 Å². The van der Waals surface area contributed by atoms with Gasteiger partial charge in [0, 0.05) is 22.9 Å². The zero-order valence-electron chi connectivity index (χ0n) is 12.4. The van der Waals surface area contributed by atoms with E-state index in [-0.39, 0.29) is 17.6 Å². The van der Waals surface area contributed by atoms with Crippen LogP contribution in [-0.4, -0.2) is 48.0 Å². The summed E-state index contributed by atoms with van der Waals surface area (Å²) < 4.78 is 12.1. The predicted molar refractivity (Wildman–Crippen MR) is 89.3 cm³/mol. The third-order valence-corrected chi connectivity index (χ3v) is 4.55. The molecule has 0 N–H and O–H groups in total. The number of ether oxygens (including phenoxy) is 2. The number of halogens is 2. The van der Waals surface area contributed by atoms with Crippen molar-refractivity contribution < 1.29 is 14.3 Å². The number of methoxy groups -OCH3 is 1. The van der Waals surface area contributed by atoms with Gasteiger partial charge in [0.05, 0.1) is 24.4 Å². The third kappa shape index (κ3) is 3.99. The molecule has 0 spiro atoms. The van der Waals surface area contributed by atoms with Gasteiger partial charge in [0.2, 0.25) is 0 Å². The van der Waals surface area contributed by atoms with Crippen molar-refractivity contribution in [2.45, 2.75) is 25.6 Å². The molecule has 1 fully saturated rings. The molecule has 0 aliphatic carbocycles. The molecule has 1 aliphatic rings. The molecule has 1 aromatic carbocycles. The quantitative estimate of drug-likeness (QED) is 0.702. The number of carbonyl (C=O) groups excluding carboxylic acids is 1. The number of benzene rings is 1. The lowest BCUT2D eigenvalue weighted by Crippen LogP contribution is -2.55. The maximum atomic E-state index is 12.8. The van der Waals surface area contributed by atoms with E-state index in [2.05, 4.69) is 31.9 Å². The van der Waals surface area contributed by atoms with E-state index >= 15 is 0 Å². The van der Waals surface area contributed by atoms with E-state index in [9.17, 15) is 4.79 Å². The van der Waals surface area contributed by atoms with E-state index in [0.717, 1.165) is 4.47 Å². The van der Waals surface area contributed by atoms with Gasteiger partial charge < -0.3 is 14.4 Å². The van der Waals surface area contributed by atoms with Crippen molar-refractivity contribution >= 4 is 37.8 Å². The molecule has 4 nitrogen and oxygen atoms in total. The Morgan fingerprint density at radius 1 is 1.52 bits per heavy atom. The third-order valence-electron chi connectivity index (χ3n) is 3.33. The fourth-order valence-electron chi connectivity index (χ4n) is 2.54. The van der Waals surface area contributed by atoms with E-state index in [1.807, 2.05) is 24.8 Å². The summed E-state index contributed by atoms with van der Waals surface area (Å²) in [6, 6.07) is 5.45. The maximum Gasteiger partial charge on any atom is 0.257 e. The van der Waals surface area contributed by atoms with E-state index in [0.29, 0.717) is 29.7 Å². The molecular formula is C15H19Br2NO3. The average molecular weight is 421 g/mol. The first-order valence-electron chi connectivity index (χ1n) is 6.73. The highest BCUT2D eigenvalue weighted by Gasteiger charge is 2.36. The molecule has 0 radical (unpaired) electrons. The van der Waals surface area contributed by atoms with Crippen LogP contribution in [-0.2, 0) is 4.74 Å². The van der Waals surface area contributed by atoms with E-state index in [1.54, 1.807) is 19.2 Å². The largest absolute Gasteiger partial charge is 0.496 e. The summed E-state index contributed by atoms with van der Waals surface area (Å²) in [5.74, 6) is 0.552. The van der Waals surface area contributed by atoms with Crippen molar-refractivity contribution in [1.82, 2.24) is 4.90 Å². The second-order valence-corrected chi connectivity index (χ2v) is 7.25. The summed E-state index contributed by atoms with van der Waals surface area (Å²) in [4.78, 5) is 14.6. The number of carbonyl (C=O) groups is 1. The van der Waals surface area contributed by atoms with Crippen molar-refractivity contribution in [2.75, 3.05) is 25.5 Å². The number of hydrogen-bond acceptors (Lipinski definition) is 3. The summed E-state index contributed by atoms with van der Waals surface area (Å²) >= 11 is 6.83. The van der Waals surface area contributed by atoms with Crippen LogP contribution in [0.4, 0.5) is 0 Å². The van der Waals surface area contributed by atoms with Crippen LogP contribution in [0.1, 0.15) is 24.2 Å². The average Bonchev–Trinajstić information content (AvgIpc) is 2.44. The smallest absolute Gasteiger partial charge is 0.257 e. The minimum atomic E-state index is -0.352. The molecule has 1 unspecified atom stereocenters. The number of alkyl halides is 1. The standard InChI is InChI=1S/C15H19Br2NO3/c1-15(2)9-18(8-11(7-16)21-15)14(19)12-5-4-10(17)6-13(12)20-3/h4-6,11H,7-9H2,1-3H3. The molecule has 2 rings (SSSR count). The van der Waals surface area contributed by atoms with E-state index in [1.165, 1.54) is 0 Å². The van der Waals surface area contributed by atoms with Gasteiger partial charge in [-0.1, -0.05) is 31.9 Å². The van der Waals surface area contributed by atoms with Crippen LogP contribution >= 0.6 is 31.9 Å². The minimum absolute atomic E-state index is 0.000793. The van der Waals surface area contributed by atoms with Crippen LogP contribution < -0.4 is 4.74 Å². The highest BCUT2D eigenvalue weighted by molar-refractivity contribution is 9.10. The van der Waals surface area contributed by atoms with E-state index < -0.39 is 0 Å². The summed E-state index contributed by atoms with van der Waals surface area (Å²) in [6.07, 6.45) is -0.000793. The van der Waals surface area contributed by atoms with Gasteiger partial charge in [-0.2, -0.15) is 0 Å². The second kappa shape index (κ2) is 6.67. The number of rotatable bonds is 3. The van der Waals surface area contributed by atoms with Gasteiger partial charge >= 0.3 is 0 Å². The van der Waals surface area contributed by atoms with Crippen LogP contribution in [0.15, 0.2) is 22.7 Å². The Morgan fingerprint density at radius 3 is 2.86 bits per heavy atom. The fraction of sp³-hybridized carbons (Fsp3) is 0.533. The lowest BCUT2D eigenvalue weighted by molar-refractivity contribution is -0.116. The Balaban J connectivity index is 2.27. The molecule has 1 saturated heterocycles. The Bertz CT molecular complexity index is 534. The van der Waals surface area contributed by atoms with Crippen LogP contribution in [0.2, 0.25) is 0 Å². The van der Waals surface area contributed by atoms with Crippen molar-refractivity contribution in [1.29, 1.82) is 0 Å². The number of amides is 1. The Morgan fingerprint density at radius 2 is 2.24 bits per heavy atom. The number of hydrogen-bond donors (Lipinski definition) is 0. The molecule has 1 atom stereocenters. The van der Waals surface area contributed by atoms with E-state index in [4.69, 9.17) is 9.47 Å². The van der Waals surface area contributed by atoms with Crippen molar-refractivity contribution in [3.05, 3.63) is 28.2 Å². The second-order valence-electron chi connectivity index (χ2n) is 5.68. The maximum absolute atomic E-state index is 12.8. The topological polar surface area (TPSA) is 38.8 Å². The highest BCUT2D eigenvalue weighted by Crippen LogP contribution is 2.28. The molecule has 0 saturated carbocycles. The molecule has 116 valence electrons. The Hall–Kier alpha value is -0.590. The van der Waals surface area contributed by atoms with Crippen LogP contribution in [0, 0.1) is 0 Å². The zero-order valence-corrected chi connectivity index (χ0v) is 15.5. The first-order chi connectivity index (χ1) is 9.86. The number of nitrogens with zero attached hydrogens (tertiary/aromatic N) is 1. The first kappa shape index (κ1) is 16.8. The van der Waals surface area contributed by atoms with Gasteiger partial charge in [-0.25, -0.2) is 0 Å². The van der Waals surface area contributed by atoms with Gasteiger partial charge in [0.15, 0.2) is 0 Å². The van der Waals surface area contributed by atoms with Gasteiger partial charge in [0.25, 0.3) is 5.91 Å². The van der Waals surface area contributed by atoms with Crippen LogP contribution in [0.25, 0.3) is 0 Å². The highest BCUT2D eigenvalue weighted by atomic mass is 79.9. The SMILES string of the molecule is COc1cc(Br)ccc1C(=O)N1CC(CBr)OC(C)(C)C1. The molecule has 6 heteroatoms. The van der Waals surface area contributed by atoms with Crippen LogP contribution in [0.3, 0.4) is 0 Å². The lowest BCUT2D eigenvalue weighted by Gasteiger charge is -2.42. The lowest BCUT2D eigenvalue weighted by atomic mass is 10.0. The van der Waals surface area contributed by atoms with Crippen molar-refractivity contribution in [3.8, 4) is 5.75 Å². The zero-order chi connectivity index (χ0) is 15.6. The molecule has 1 aromatic rings. The van der Waals surface area contributed by atoms with Crippen molar-refractivity contribution in [3.63, 3.8) is 0 Å². The van der Waals surface area contributed by atoms with Gasteiger partial charge in [-0.3, -0.25) is 4.79 Å². The molecule has 1 aliphatic heterocycles. The minimum Gasteiger partial charge on any atom is -0.496 e. The van der Waals surface area contributed by atoms with Gasteiger partial charge in [-0.05, 0) is 32.0 Å². The molecular weight excluding hydrogens is 402 g/mol. The molecule has 1 heterocycles. The Kier molecular flexibility index (Phi) is 5.33. The first-order valence-corrected chi connectivity index (χ1v) is 8.64. The predicted octanol–water partition coefficient (Wildman–Crippen LogP) is 3.47. The van der Waals surface area contributed by atoms with Crippen molar-refractivity contribution in [2.24, 2.45) is 0 Å².